The van der Waals surface area contributed by atoms with Gasteiger partial charge in [-0.1, -0.05) is 35.9 Å². The molecule has 0 unspecified atom stereocenters. The number of benzene rings is 2. The lowest BCUT2D eigenvalue weighted by atomic mass is 10.1. The Hall–Kier alpha value is -1.91. The van der Waals surface area contributed by atoms with Gasteiger partial charge in [-0.25, -0.2) is 0 Å². The lowest BCUT2D eigenvalue weighted by Crippen LogP contribution is -2.19. The van der Waals surface area contributed by atoms with E-state index in [0.717, 1.165) is 22.5 Å². The van der Waals surface area contributed by atoms with Gasteiger partial charge in [0.25, 0.3) is 0 Å². The van der Waals surface area contributed by atoms with Crippen molar-refractivity contribution >= 4 is 28.7 Å². The van der Waals surface area contributed by atoms with Gasteiger partial charge in [0, 0.05) is 16.9 Å². The average Bonchev–Trinajstić information content (AvgIpc) is 2.42. The maximum Gasteiger partial charge on any atom is 0.175 e. The molecular formula is C15H16N2OS. The summed E-state index contributed by atoms with van der Waals surface area (Å²) in [6.45, 7) is 1.97. The van der Waals surface area contributed by atoms with Gasteiger partial charge in [0.05, 0.1) is 6.61 Å². The highest BCUT2D eigenvalue weighted by atomic mass is 32.1. The van der Waals surface area contributed by atoms with Gasteiger partial charge in [0.1, 0.15) is 0 Å². The second-order valence-corrected chi connectivity index (χ2v) is 4.67. The topological polar surface area (TPSA) is 44.3 Å². The van der Waals surface area contributed by atoms with Crippen LogP contribution in [0.2, 0.25) is 0 Å². The van der Waals surface area contributed by atoms with Crippen molar-refractivity contribution < 1.29 is 5.11 Å². The molecular weight excluding hydrogens is 256 g/mol. The first-order valence-corrected chi connectivity index (χ1v) is 6.43. The molecule has 0 saturated carbocycles. The number of hydrogen-bond acceptors (Lipinski definition) is 2. The molecule has 2 aromatic carbocycles. The van der Waals surface area contributed by atoms with E-state index in [1.807, 2.05) is 55.5 Å². The molecule has 0 radical (unpaired) electrons. The summed E-state index contributed by atoms with van der Waals surface area (Å²) < 4.78 is 0. The Labute approximate surface area is 118 Å². The van der Waals surface area contributed by atoms with Gasteiger partial charge >= 0.3 is 0 Å². The minimum Gasteiger partial charge on any atom is -0.392 e. The number of rotatable bonds is 3. The summed E-state index contributed by atoms with van der Waals surface area (Å²) in [7, 11) is 0. The van der Waals surface area contributed by atoms with E-state index in [2.05, 4.69) is 10.6 Å². The van der Waals surface area contributed by atoms with Crippen LogP contribution in [0, 0.1) is 6.92 Å². The third-order valence-corrected chi connectivity index (χ3v) is 2.92. The van der Waals surface area contributed by atoms with Crippen LogP contribution in [0.15, 0.2) is 48.5 Å². The van der Waals surface area contributed by atoms with Crippen molar-refractivity contribution in [2.45, 2.75) is 13.5 Å². The molecule has 0 aliphatic rings. The first-order chi connectivity index (χ1) is 9.19. The molecule has 2 aromatic rings. The van der Waals surface area contributed by atoms with Gasteiger partial charge < -0.3 is 15.7 Å². The number of anilines is 2. The Morgan fingerprint density at radius 3 is 2.53 bits per heavy atom. The third-order valence-electron chi connectivity index (χ3n) is 2.71. The van der Waals surface area contributed by atoms with Crippen molar-refractivity contribution in [2.75, 3.05) is 10.6 Å². The SMILES string of the molecule is Cc1ccc(NC(=S)Nc2ccccc2)c(CO)c1. The molecule has 98 valence electrons. The van der Waals surface area contributed by atoms with E-state index < -0.39 is 0 Å². The Morgan fingerprint density at radius 2 is 1.84 bits per heavy atom. The molecule has 0 fully saturated rings. The first kappa shape index (κ1) is 13.5. The molecule has 3 nitrogen and oxygen atoms in total. The van der Waals surface area contributed by atoms with E-state index in [9.17, 15) is 5.11 Å². The van der Waals surface area contributed by atoms with Crippen LogP contribution in [0.5, 0.6) is 0 Å². The average molecular weight is 272 g/mol. The zero-order valence-electron chi connectivity index (χ0n) is 10.7. The van der Waals surface area contributed by atoms with E-state index in [4.69, 9.17) is 12.2 Å². The highest BCUT2D eigenvalue weighted by Gasteiger charge is 2.04. The molecule has 0 aromatic heterocycles. The molecule has 2 rings (SSSR count). The standard InChI is InChI=1S/C15H16N2OS/c1-11-7-8-14(12(9-11)10-18)17-15(19)16-13-5-3-2-4-6-13/h2-9,18H,10H2,1H3,(H2,16,17,19). The van der Waals surface area contributed by atoms with Crippen LogP contribution in [-0.2, 0) is 6.61 Å². The Balaban J connectivity index is 2.07. The quantitative estimate of drug-likeness (QED) is 0.750. The molecule has 0 amide bonds. The second-order valence-electron chi connectivity index (χ2n) is 4.26. The van der Waals surface area contributed by atoms with Crippen LogP contribution in [0.4, 0.5) is 11.4 Å². The molecule has 0 heterocycles. The van der Waals surface area contributed by atoms with Crippen molar-refractivity contribution in [3.63, 3.8) is 0 Å². The van der Waals surface area contributed by atoms with Gasteiger partial charge in [-0.2, -0.15) is 0 Å². The fourth-order valence-corrected chi connectivity index (χ4v) is 2.01. The maximum atomic E-state index is 9.34. The molecule has 3 N–H and O–H groups in total. The van der Waals surface area contributed by atoms with Gasteiger partial charge in [-0.15, -0.1) is 0 Å². The normalized spacial score (nSPS) is 10.0. The van der Waals surface area contributed by atoms with Crippen LogP contribution in [0.1, 0.15) is 11.1 Å². The number of aliphatic hydroxyl groups excluding tert-OH is 1. The monoisotopic (exact) mass is 272 g/mol. The zero-order valence-corrected chi connectivity index (χ0v) is 11.5. The lowest BCUT2D eigenvalue weighted by Gasteiger charge is -2.13. The van der Waals surface area contributed by atoms with Crippen molar-refractivity contribution in [2.24, 2.45) is 0 Å². The molecule has 19 heavy (non-hydrogen) atoms. The van der Waals surface area contributed by atoms with Crippen LogP contribution in [0.3, 0.4) is 0 Å². The maximum absolute atomic E-state index is 9.34. The largest absolute Gasteiger partial charge is 0.392 e. The summed E-state index contributed by atoms with van der Waals surface area (Å²) in [5, 5.41) is 16.0. The molecule has 0 atom stereocenters. The molecule has 0 aliphatic carbocycles. The van der Waals surface area contributed by atoms with Crippen molar-refractivity contribution in [1.29, 1.82) is 0 Å². The highest BCUT2D eigenvalue weighted by molar-refractivity contribution is 7.80. The minimum atomic E-state index is -0.0159. The van der Waals surface area contributed by atoms with Crippen LogP contribution in [0.25, 0.3) is 0 Å². The summed E-state index contributed by atoms with van der Waals surface area (Å²) in [4.78, 5) is 0. The van der Waals surface area contributed by atoms with Crippen LogP contribution < -0.4 is 10.6 Å². The first-order valence-electron chi connectivity index (χ1n) is 6.02. The highest BCUT2D eigenvalue weighted by Crippen LogP contribution is 2.18. The predicted molar refractivity (Wildman–Crippen MR) is 83.4 cm³/mol. The Morgan fingerprint density at radius 1 is 1.11 bits per heavy atom. The molecule has 4 heteroatoms. The fourth-order valence-electron chi connectivity index (χ4n) is 1.78. The van der Waals surface area contributed by atoms with Gasteiger partial charge in [-0.05, 0) is 37.3 Å². The van der Waals surface area contributed by atoms with E-state index in [-0.39, 0.29) is 6.61 Å². The minimum absolute atomic E-state index is 0.0159. The van der Waals surface area contributed by atoms with Crippen molar-refractivity contribution in [3.8, 4) is 0 Å². The molecule has 0 aliphatic heterocycles. The predicted octanol–water partition coefficient (Wildman–Crippen LogP) is 3.30. The van der Waals surface area contributed by atoms with Crippen molar-refractivity contribution in [1.82, 2.24) is 0 Å². The van der Waals surface area contributed by atoms with Gasteiger partial charge in [0.15, 0.2) is 5.11 Å². The number of aryl methyl sites for hydroxylation is 1. The van der Waals surface area contributed by atoms with Crippen LogP contribution in [-0.4, -0.2) is 10.2 Å². The summed E-state index contributed by atoms with van der Waals surface area (Å²) in [6.07, 6.45) is 0. The Bertz CT molecular complexity index is 570. The van der Waals surface area contributed by atoms with E-state index in [1.165, 1.54) is 0 Å². The third kappa shape index (κ3) is 3.77. The van der Waals surface area contributed by atoms with E-state index in [1.54, 1.807) is 0 Å². The molecule has 0 spiro atoms. The molecule has 0 saturated heterocycles. The number of hydrogen-bond donors (Lipinski definition) is 3. The van der Waals surface area contributed by atoms with E-state index >= 15 is 0 Å². The fraction of sp³-hybridized carbons (Fsp3) is 0.133. The Kier molecular flexibility index (Phi) is 4.49. The molecule has 0 bridgehead atoms. The lowest BCUT2D eigenvalue weighted by molar-refractivity contribution is 0.282. The summed E-state index contributed by atoms with van der Waals surface area (Å²) in [5.74, 6) is 0. The summed E-state index contributed by atoms with van der Waals surface area (Å²) in [6, 6.07) is 15.5. The van der Waals surface area contributed by atoms with Gasteiger partial charge in [0.2, 0.25) is 0 Å². The second kappa shape index (κ2) is 6.31. The zero-order chi connectivity index (χ0) is 13.7. The summed E-state index contributed by atoms with van der Waals surface area (Å²) >= 11 is 5.25. The van der Waals surface area contributed by atoms with Gasteiger partial charge in [-0.3, -0.25) is 0 Å². The van der Waals surface area contributed by atoms with E-state index in [0.29, 0.717) is 5.11 Å². The number of thiocarbonyl (C=S) groups is 1. The smallest absolute Gasteiger partial charge is 0.175 e. The number of aliphatic hydroxyl groups is 1. The number of para-hydroxylation sites is 1. The number of nitrogens with one attached hydrogen (secondary N) is 2. The van der Waals surface area contributed by atoms with Crippen LogP contribution >= 0.6 is 12.2 Å². The summed E-state index contributed by atoms with van der Waals surface area (Å²) in [5.41, 5.74) is 3.69. The van der Waals surface area contributed by atoms with Crippen molar-refractivity contribution in [3.05, 3.63) is 59.7 Å².